The molecule has 0 saturated carbocycles. The van der Waals surface area contributed by atoms with Crippen molar-refractivity contribution < 1.29 is 33.4 Å². The second-order valence-corrected chi connectivity index (χ2v) is 11.6. The summed E-state index contributed by atoms with van der Waals surface area (Å²) >= 11 is 6.87. The highest BCUT2D eigenvalue weighted by Gasteiger charge is 2.36. The van der Waals surface area contributed by atoms with Crippen LogP contribution in [0.3, 0.4) is 0 Å². The number of rotatable bonds is 12. The van der Waals surface area contributed by atoms with Gasteiger partial charge in [0, 0.05) is 5.69 Å². The summed E-state index contributed by atoms with van der Waals surface area (Å²) in [7, 11) is 0. The van der Waals surface area contributed by atoms with Crippen LogP contribution < -0.4 is 14.8 Å². The molecule has 0 bridgehead atoms. The Labute approximate surface area is 275 Å². The van der Waals surface area contributed by atoms with E-state index in [0.29, 0.717) is 36.7 Å². The quantitative estimate of drug-likeness (QED) is 0.122. The van der Waals surface area contributed by atoms with Crippen LogP contribution in [0.5, 0.6) is 11.5 Å². The standard InChI is InChI=1S/C35H31ClN2O7S/c1-3-16-44-34(41)27-19-25(13-14-28(27)36)37-32(39)20-38-33(40)31(46-35(38)42)18-22-12-15-29(30(17-22)43-4-2)45-21-24-10-7-9-23-8-5-6-11-26(23)24/h5-15,17-19H,3-4,16,20-21H2,1-2H3,(H,37,39)/b31-18+. The zero-order chi connectivity index (χ0) is 32.6. The topological polar surface area (TPSA) is 111 Å². The lowest BCUT2D eigenvalue weighted by Crippen LogP contribution is -2.36. The number of thioether (sulfide) groups is 1. The first-order chi connectivity index (χ1) is 22.3. The summed E-state index contributed by atoms with van der Waals surface area (Å²) in [5.74, 6) is -0.794. The van der Waals surface area contributed by atoms with Gasteiger partial charge >= 0.3 is 5.97 Å². The van der Waals surface area contributed by atoms with Crippen molar-refractivity contribution in [3.8, 4) is 11.5 Å². The van der Waals surface area contributed by atoms with Crippen LogP contribution in [0.1, 0.15) is 41.8 Å². The molecule has 0 unspecified atom stereocenters. The van der Waals surface area contributed by atoms with Crippen molar-refractivity contribution in [1.82, 2.24) is 4.90 Å². The highest BCUT2D eigenvalue weighted by molar-refractivity contribution is 8.18. The number of fused-ring (bicyclic) bond motifs is 1. The maximum Gasteiger partial charge on any atom is 0.339 e. The molecule has 1 aliphatic rings. The van der Waals surface area contributed by atoms with Gasteiger partial charge in [0.15, 0.2) is 11.5 Å². The van der Waals surface area contributed by atoms with Crippen LogP contribution in [0.25, 0.3) is 16.8 Å². The molecule has 9 nitrogen and oxygen atoms in total. The molecule has 46 heavy (non-hydrogen) atoms. The van der Waals surface area contributed by atoms with Crippen LogP contribution in [0, 0.1) is 0 Å². The lowest BCUT2D eigenvalue weighted by atomic mass is 10.1. The summed E-state index contributed by atoms with van der Waals surface area (Å²) < 4.78 is 17.1. The minimum Gasteiger partial charge on any atom is -0.490 e. The molecule has 1 aliphatic heterocycles. The normalized spacial score (nSPS) is 13.7. The van der Waals surface area contributed by atoms with Crippen molar-refractivity contribution in [3.63, 3.8) is 0 Å². The van der Waals surface area contributed by atoms with Crippen molar-refractivity contribution in [2.24, 2.45) is 0 Å². The molecule has 5 rings (SSSR count). The fraction of sp³-hybridized carbons (Fsp3) is 0.200. The number of carbonyl (C=O) groups is 4. The van der Waals surface area contributed by atoms with E-state index in [4.69, 9.17) is 25.8 Å². The van der Waals surface area contributed by atoms with Crippen LogP contribution in [-0.2, 0) is 20.9 Å². The van der Waals surface area contributed by atoms with E-state index in [9.17, 15) is 19.2 Å². The van der Waals surface area contributed by atoms with E-state index in [-0.39, 0.29) is 27.8 Å². The Morgan fingerprint density at radius 2 is 1.74 bits per heavy atom. The van der Waals surface area contributed by atoms with E-state index >= 15 is 0 Å². The number of amides is 3. The number of nitrogens with zero attached hydrogens (tertiary/aromatic N) is 1. The SMILES string of the molecule is CCCOC(=O)c1cc(NC(=O)CN2C(=O)S/C(=C/c3ccc(OCc4cccc5ccccc45)c(OCC)c3)C2=O)ccc1Cl. The highest BCUT2D eigenvalue weighted by Crippen LogP contribution is 2.35. The zero-order valence-corrected chi connectivity index (χ0v) is 26.8. The molecule has 0 spiro atoms. The van der Waals surface area contributed by atoms with Gasteiger partial charge in [-0.1, -0.05) is 67.1 Å². The van der Waals surface area contributed by atoms with E-state index in [0.717, 1.165) is 33.0 Å². The van der Waals surface area contributed by atoms with Crippen LogP contribution in [0.15, 0.2) is 83.8 Å². The third-order valence-electron chi connectivity index (χ3n) is 6.91. The number of esters is 1. The Hall–Kier alpha value is -4.80. The van der Waals surface area contributed by atoms with Gasteiger partial charge in [0.25, 0.3) is 11.1 Å². The molecule has 1 fully saturated rings. The van der Waals surface area contributed by atoms with Gasteiger partial charge in [-0.05, 0) is 83.4 Å². The lowest BCUT2D eigenvalue weighted by Gasteiger charge is -2.14. The van der Waals surface area contributed by atoms with Crippen molar-refractivity contribution in [1.29, 1.82) is 0 Å². The monoisotopic (exact) mass is 658 g/mol. The van der Waals surface area contributed by atoms with E-state index in [1.165, 1.54) is 18.2 Å². The molecule has 11 heteroatoms. The number of hydrogen-bond acceptors (Lipinski definition) is 8. The average molecular weight is 659 g/mol. The molecule has 4 aromatic carbocycles. The minimum atomic E-state index is -0.620. The molecule has 236 valence electrons. The molecular formula is C35H31ClN2O7S. The Bertz CT molecular complexity index is 1840. The number of nitrogens with one attached hydrogen (secondary N) is 1. The summed E-state index contributed by atoms with van der Waals surface area (Å²) in [6.45, 7) is 4.18. The smallest absolute Gasteiger partial charge is 0.339 e. The van der Waals surface area contributed by atoms with Crippen LogP contribution in [0.4, 0.5) is 10.5 Å². The van der Waals surface area contributed by atoms with E-state index in [1.54, 1.807) is 24.3 Å². The zero-order valence-electron chi connectivity index (χ0n) is 25.2. The van der Waals surface area contributed by atoms with Gasteiger partial charge in [-0.3, -0.25) is 19.3 Å². The van der Waals surface area contributed by atoms with Crippen molar-refractivity contribution >= 4 is 68.9 Å². The maximum atomic E-state index is 13.1. The largest absolute Gasteiger partial charge is 0.490 e. The third kappa shape index (κ3) is 7.70. The number of anilines is 1. The van der Waals surface area contributed by atoms with Gasteiger partial charge in [-0.15, -0.1) is 0 Å². The molecule has 1 saturated heterocycles. The van der Waals surface area contributed by atoms with Crippen molar-refractivity contribution in [2.45, 2.75) is 26.9 Å². The minimum absolute atomic E-state index is 0.0958. The molecule has 4 aromatic rings. The Morgan fingerprint density at radius 3 is 2.54 bits per heavy atom. The van der Waals surface area contributed by atoms with Crippen molar-refractivity contribution in [3.05, 3.63) is 105 Å². The molecule has 0 atom stereocenters. The lowest BCUT2D eigenvalue weighted by molar-refractivity contribution is -0.127. The molecule has 0 aliphatic carbocycles. The second kappa shape index (κ2) is 15.0. The van der Waals surface area contributed by atoms with Gasteiger partial charge in [0.2, 0.25) is 5.91 Å². The summed E-state index contributed by atoms with van der Waals surface area (Å²) in [6, 6.07) is 23.8. The summed E-state index contributed by atoms with van der Waals surface area (Å²) in [4.78, 5) is 52.0. The predicted molar refractivity (Wildman–Crippen MR) is 179 cm³/mol. The fourth-order valence-corrected chi connectivity index (χ4v) is 5.77. The van der Waals surface area contributed by atoms with E-state index < -0.39 is 29.6 Å². The van der Waals surface area contributed by atoms with Gasteiger partial charge in [0.1, 0.15) is 13.2 Å². The van der Waals surface area contributed by atoms with Crippen LogP contribution >= 0.6 is 23.4 Å². The second-order valence-electron chi connectivity index (χ2n) is 10.2. The number of halogens is 1. The third-order valence-corrected chi connectivity index (χ3v) is 8.15. The number of imide groups is 1. The van der Waals surface area contributed by atoms with Crippen LogP contribution in [-0.4, -0.2) is 47.7 Å². The van der Waals surface area contributed by atoms with E-state index in [1.807, 2.05) is 38.1 Å². The Balaban J connectivity index is 1.25. The van der Waals surface area contributed by atoms with Gasteiger partial charge in [0.05, 0.1) is 28.7 Å². The summed E-state index contributed by atoms with van der Waals surface area (Å²) in [5, 5.41) is 4.43. The summed E-state index contributed by atoms with van der Waals surface area (Å²) in [5.41, 5.74) is 2.03. The Morgan fingerprint density at radius 1 is 0.935 bits per heavy atom. The number of hydrogen-bond donors (Lipinski definition) is 1. The average Bonchev–Trinajstić information content (AvgIpc) is 3.31. The van der Waals surface area contributed by atoms with E-state index in [2.05, 4.69) is 23.5 Å². The molecular weight excluding hydrogens is 628 g/mol. The first kappa shape index (κ1) is 32.6. The molecule has 0 radical (unpaired) electrons. The fourth-order valence-electron chi connectivity index (χ4n) is 4.74. The van der Waals surface area contributed by atoms with Gasteiger partial charge in [-0.25, -0.2) is 4.79 Å². The molecule has 3 amide bonds. The number of ether oxygens (including phenoxy) is 3. The summed E-state index contributed by atoms with van der Waals surface area (Å²) in [6.07, 6.45) is 2.22. The van der Waals surface area contributed by atoms with Crippen molar-refractivity contribution in [2.75, 3.05) is 25.1 Å². The molecule has 0 aromatic heterocycles. The Kier molecular flexibility index (Phi) is 10.6. The maximum absolute atomic E-state index is 13.1. The molecule has 1 heterocycles. The predicted octanol–water partition coefficient (Wildman–Crippen LogP) is 7.71. The highest BCUT2D eigenvalue weighted by atomic mass is 35.5. The van der Waals surface area contributed by atoms with Gasteiger partial charge in [-0.2, -0.15) is 0 Å². The molecule has 1 N–H and O–H groups in total. The number of benzene rings is 4. The first-order valence-electron chi connectivity index (χ1n) is 14.7. The van der Waals surface area contributed by atoms with Gasteiger partial charge < -0.3 is 19.5 Å². The van der Waals surface area contributed by atoms with Crippen LogP contribution in [0.2, 0.25) is 5.02 Å². The number of carbonyl (C=O) groups excluding carboxylic acids is 4. The first-order valence-corrected chi connectivity index (χ1v) is 15.8.